The number of fused-ring (bicyclic) bond motifs is 1. The number of hydrogen-bond donors (Lipinski definition) is 1. The molecule has 6 nitrogen and oxygen atoms in total. The maximum Gasteiger partial charge on any atom is 0.238 e. The van der Waals surface area contributed by atoms with Crippen LogP contribution in [0.15, 0.2) is 78.9 Å². The third-order valence-corrected chi connectivity index (χ3v) is 6.59. The highest BCUT2D eigenvalue weighted by molar-refractivity contribution is 6.33. The first-order chi connectivity index (χ1) is 16.7. The molecule has 0 saturated carbocycles. The minimum Gasteiger partial charge on any atom is -0.324 e. The third-order valence-electron chi connectivity index (χ3n) is 6.26. The minimum absolute atomic E-state index is 0.0359. The molecule has 0 aliphatic carbocycles. The van der Waals surface area contributed by atoms with Crippen LogP contribution in [0.4, 0.5) is 5.69 Å². The van der Waals surface area contributed by atoms with Gasteiger partial charge in [-0.2, -0.15) is 0 Å². The monoisotopic (exact) mass is 473 g/mol. The molecular formula is C27H28ClN5O. The lowest BCUT2D eigenvalue weighted by Gasteiger charge is -2.34. The van der Waals surface area contributed by atoms with E-state index in [-0.39, 0.29) is 5.91 Å². The number of anilines is 1. The van der Waals surface area contributed by atoms with Gasteiger partial charge in [0.15, 0.2) is 0 Å². The van der Waals surface area contributed by atoms with E-state index in [2.05, 4.69) is 62.1 Å². The average molecular weight is 474 g/mol. The quantitative estimate of drug-likeness (QED) is 0.429. The van der Waals surface area contributed by atoms with Crippen LogP contribution in [0.5, 0.6) is 0 Å². The zero-order valence-electron chi connectivity index (χ0n) is 19.0. The molecule has 0 spiro atoms. The van der Waals surface area contributed by atoms with E-state index in [1.165, 1.54) is 5.56 Å². The lowest BCUT2D eigenvalue weighted by Crippen LogP contribution is -2.48. The number of carbonyl (C=O) groups is 1. The van der Waals surface area contributed by atoms with Crippen LogP contribution in [0.3, 0.4) is 0 Å². The first kappa shape index (κ1) is 22.6. The Labute approximate surface area is 204 Å². The molecule has 1 saturated heterocycles. The lowest BCUT2D eigenvalue weighted by molar-refractivity contribution is -0.117. The largest absolute Gasteiger partial charge is 0.324 e. The molecule has 1 aromatic heterocycles. The number of hydrogen-bond acceptors (Lipinski definition) is 4. The molecular weight excluding hydrogens is 446 g/mol. The predicted octanol–water partition coefficient (Wildman–Crippen LogP) is 4.49. The number of piperazine rings is 1. The Kier molecular flexibility index (Phi) is 6.90. The van der Waals surface area contributed by atoms with Crippen LogP contribution in [0, 0.1) is 0 Å². The van der Waals surface area contributed by atoms with Gasteiger partial charge in [0, 0.05) is 32.7 Å². The summed E-state index contributed by atoms with van der Waals surface area (Å²) >= 11 is 6.16. The van der Waals surface area contributed by atoms with Gasteiger partial charge in [0.2, 0.25) is 5.91 Å². The van der Waals surface area contributed by atoms with Crippen molar-refractivity contribution < 1.29 is 4.79 Å². The van der Waals surface area contributed by atoms with Gasteiger partial charge in [-0.05, 0) is 29.8 Å². The van der Waals surface area contributed by atoms with E-state index in [1.54, 1.807) is 6.07 Å². The maximum atomic E-state index is 12.5. The van der Waals surface area contributed by atoms with Crippen LogP contribution in [0.2, 0.25) is 5.02 Å². The van der Waals surface area contributed by atoms with Crippen molar-refractivity contribution in [1.29, 1.82) is 0 Å². The van der Waals surface area contributed by atoms with Crippen LogP contribution in [0.1, 0.15) is 11.4 Å². The highest BCUT2D eigenvalue weighted by Crippen LogP contribution is 2.21. The summed E-state index contributed by atoms with van der Waals surface area (Å²) in [5, 5.41) is 3.47. The van der Waals surface area contributed by atoms with Gasteiger partial charge in [0.25, 0.3) is 0 Å². The lowest BCUT2D eigenvalue weighted by atomic mass is 10.2. The number of carbonyl (C=O) groups excluding carboxylic acids is 1. The normalized spacial score (nSPS) is 15.0. The number of rotatable bonds is 7. The van der Waals surface area contributed by atoms with Crippen molar-refractivity contribution in [3.05, 3.63) is 95.3 Å². The molecule has 1 fully saturated rings. The van der Waals surface area contributed by atoms with Crippen LogP contribution in [-0.2, 0) is 17.9 Å². The standard InChI is InChI=1S/C27H28ClN5O/c28-22-10-4-5-11-23(22)30-27(34)20-32-16-14-31(15-17-32)19-26-29-24-12-6-7-13-25(24)33(26)18-21-8-2-1-3-9-21/h1-13H,14-20H2,(H,30,34). The van der Waals surface area contributed by atoms with E-state index in [9.17, 15) is 4.79 Å². The van der Waals surface area contributed by atoms with Gasteiger partial charge >= 0.3 is 0 Å². The Bertz CT molecular complexity index is 1260. The molecule has 1 N–H and O–H groups in total. The Morgan fingerprint density at radius 1 is 0.824 bits per heavy atom. The topological polar surface area (TPSA) is 53.4 Å². The zero-order valence-corrected chi connectivity index (χ0v) is 19.8. The van der Waals surface area contributed by atoms with Gasteiger partial charge in [-0.1, -0.05) is 66.2 Å². The molecule has 0 atom stereocenters. The molecule has 1 aliphatic heterocycles. The van der Waals surface area contributed by atoms with E-state index in [1.807, 2.05) is 30.3 Å². The molecule has 0 bridgehead atoms. The summed E-state index contributed by atoms with van der Waals surface area (Å²) in [6.07, 6.45) is 0. The summed E-state index contributed by atoms with van der Waals surface area (Å²) in [6.45, 7) is 5.44. The van der Waals surface area contributed by atoms with E-state index >= 15 is 0 Å². The summed E-state index contributed by atoms with van der Waals surface area (Å²) in [4.78, 5) is 22.1. The Morgan fingerprint density at radius 2 is 1.50 bits per heavy atom. The number of nitrogens with one attached hydrogen (secondary N) is 1. The van der Waals surface area contributed by atoms with Gasteiger partial charge < -0.3 is 9.88 Å². The first-order valence-corrected chi connectivity index (χ1v) is 12.0. The fraction of sp³-hybridized carbons (Fsp3) is 0.259. The van der Waals surface area contributed by atoms with E-state index in [0.29, 0.717) is 17.3 Å². The van der Waals surface area contributed by atoms with Crippen molar-refractivity contribution in [3.63, 3.8) is 0 Å². The maximum absolute atomic E-state index is 12.5. The SMILES string of the molecule is O=C(CN1CCN(Cc2nc3ccccc3n2Cc2ccccc2)CC1)Nc1ccccc1Cl. The molecule has 1 aliphatic rings. The molecule has 1 amide bonds. The van der Waals surface area contributed by atoms with Crippen molar-refractivity contribution in [3.8, 4) is 0 Å². The number of para-hydroxylation sites is 3. The number of imidazole rings is 1. The zero-order chi connectivity index (χ0) is 23.3. The fourth-order valence-electron chi connectivity index (χ4n) is 4.45. The Balaban J connectivity index is 1.21. The highest BCUT2D eigenvalue weighted by atomic mass is 35.5. The van der Waals surface area contributed by atoms with Crippen molar-refractivity contribution in [2.75, 3.05) is 38.0 Å². The molecule has 174 valence electrons. The van der Waals surface area contributed by atoms with E-state index in [4.69, 9.17) is 16.6 Å². The van der Waals surface area contributed by atoms with E-state index < -0.39 is 0 Å². The summed E-state index contributed by atoms with van der Waals surface area (Å²) in [6, 6.07) is 26.2. The van der Waals surface area contributed by atoms with Gasteiger partial charge in [0.1, 0.15) is 5.82 Å². The van der Waals surface area contributed by atoms with Gasteiger partial charge in [0.05, 0.1) is 34.8 Å². The Hall–Kier alpha value is -3.19. The summed E-state index contributed by atoms with van der Waals surface area (Å²) < 4.78 is 2.33. The van der Waals surface area contributed by atoms with Gasteiger partial charge in [-0.15, -0.1) is 0 Å². The molecule has 7 heteroatoms. The van der Waals surface area contributed by atoms with Crippen molar-refractivity contribution in [2.45, 2.75) is 13.1 Å². The predicted molar refractivity (Wildman–Crippen MR) is 137 cm³/mol. The summed E-state index contributed by atoms with van der Waals surface area (Å²) in [7, 11) is 0. The van der Waals surface area contributed by atoms with Crippen molar-refractivity contribution >= 4 is 34.2 Å². The molecule has 2 heterocycles. The molecule has 5 rings (SSSR count). The number of nitrogens with zero attached hydrogens (tertiary/aromatic N) is 4. The Morgan fingerprint density at radius 3 is 2.29 bits per heavy atom. The van der Waals surface area contributed by atoms with Gasteiger partial charge in [-0.3, -0.25) is 14.6 Å². The second-order valence-electron chi connectivity index (χ2n) is 8.67. The van der Waals surface area contributed by atoms with Crippen molar-refractivity contribution in [1.82, 2.24) is 19.4 Å². The molecule has 4 aromatic rings. The minimum atomic E-state index is -0.0359. The summed E-state index contributed by atoms with van der Waals surface area (Å²) in [5.74, 6) is 1.04. The average Bonchev–Trinajstić information content (AvgIpc) is 3.19. The number of amides is 1. The number of benzene rings is 3. The molecule has 3 aromatic carbocycles. The third kappa shape index (κ3) is 5.30. The molecule has 34 heavy (non-hydrogen) atoms. The fourth-order valence-corrected chi connectivity index (χ4v) is 4.63. The van der Waals surface area contributed by atoms with Crippen LogP contribution >= 0.6 is 11.6 Å². The molecule has 0 radical (unpaired) electrons. The second-order valence-corrected chi connectivity index (χ2v) is 9.08. The summed E-state index contributed by atoms with van der Waals surface area (Å²) in [5.41, 5.74) is 4.12. The van der Waals surface area contributed by atoms with Crippen molar-refractivity contribution in [2.24, 2.45) is 0 Å². The smallest absolute Gasteiger partial charge is 0.238 e. The number of halogens is 1. The first-order valence-electron chi connectivity index (χ1n) is 11.6. The van der Waals surface area contributed by atoms with Gasteiger partial charge in [-0.25, -0.2) is 4.98 Å². The van der Waals surface area contributed by atoms with Crippen LogP contribution < -0.4 is 5.32 Å². The highest BCUT2D eigenvalue weighted by Gasteiger charge is 2.21. The van der Waals surface area contributed by atoms with Crippen LogP contribution in [0.25, 0.3) is 11.0 Å². The second kappa shape index (κ2) is 10.4. The molecule has 0 unspecified atom stereocenters. The van der Waals surface area contributed by atoms with E-state index in [0.717, 1.165) is 56.1 Å². The number of aromatic nitrogens is 2. The van der Waals surface area contributed by atoms with Crippen LogP contribution in [-0.4, -0.2) is 58.0 Å².